The smallest absolute Gasteiger partial charge is 0.408 e. The van der Waals surface area contributed by atoms with Crippen molar-refractivity contribution in [3.63, 3.8) is 0 Å². The number of alkyl carbamates (subject to hydrolysis) is 2. The summed E-state index contributed by atoms with van der Waals surface area (Å²) in [6.45, 7) is 17.6. The zero-order valence-corrected chi connectivity index (χ0v) is 39.7. The third-order valence-corrected chi connectivity index (χ3v) is 25.1. The van der Waals surface area contributed by atoms with Crippen LogP contribution in [0.3, 0.4) is 0 Å². The number of ether oxygens (including phenoxy) is 4. The summed E-state index contributed by atoms with van der Waals surface area (Å²) in [6, 6.07) is 15.1. The number of carbonyl (C=O) groups is 4. The Kier molecular flexibility index (Phi) is 22.8. The van der Waals surface area contributed by atoms with Gasteiger partial charge in [-0.25, -0.2) is 9.59 Å². The molecule has 2 N–H and O–H groups in total. The SMILES string of the molecule is CCC[CH2][Sn]([CH2]CCC)([CH2]CCC)[c]1ccc(C[C@H](NC(=O)OC(C)(C)C)C(=O)OC)cc1.COC(=O)[C@H](Cc1ccc(I)cc1)NC(=O)OC(C)(C)C. The Bertz CT molecular complexity index is 1400. The Morgan fingerprint density at radius 1 is 0.611 bits per heavy atom. The van der Waals surface area contributed by atoms with Crippen LogP contribution < -0.4 is 14.2 Å². The second kappa shape index (κ2) is 24.9. The molecule has 2 amide bonds. The molecule has 0 spiro atoms. The van der Waals surface area contributed by atoms with Crippen LogP contribution in [0.25, 0.3) is 0 Å². The Balaban J connectivity index is 0.000000596. The molecular formula is C42H67IN2O8Sn. The van der Waals surface area contributed by atoms with Crippen LogP contribution in [0.2, 0.25) is 13.3 Å². The van der Waals surface area contributed by atoms with Gasteiger partial charge in [0, 0.05) is 9.99 Å². The summed E-state index contributed by atoms with van der Waals surface area (Å²) in [5.41, 5.74) is 0.708. The third kappa shape index (κ3) is 19.9. The number of benzene rings is 2. The standard InChI is InChI=1S/C15H20INO4.C15H20NO4.3C4H9.Sn/c1-15(2,3)21-14(19)17-12(13(18)20-4)9-10-5-7-11(16)8-6-10;1-15(2,3)20-14(18)16-12(13(17)19-4)10-11-8-6-5-7-9-11;3*1-3-4-2;/h5-8,12H,9H2,1-4H3,(H,17,19);6-9,12H,10H2,1-4H3,(H,16,18);3*1,3-4H2,2H3;/t2*12-;;;;/m00..../s1. The fourth-order valence-electron chi connectivity index (χ4n) is 6.01. The van der Waals surface area contributed by atoms with E-state index in [1.165, 1.54) is 66.1 Å². The molecule has 0 aliphatic rings. The second-order valence-electron chi connectivity index (χ2n) is 15.8. The number of esters is 2. The van der Waals surface area contributed by atoms with Gasteiger partial charge in [0.1, 0.15) is 11.6 Å². The molecule has 0 aliphatic heterocycles. The minimum absolute atomic E-state index is 0.350. The molecule has 10 nitrogen and oxygen atoms in total. The Labute approximate surface area is 343 Å². The average molecular weight is 974 g/mol. The Morgan fingerprint density at radius 2 is 0.944 bits per heavy atom. The van der Waals surface area contributed by atoms with Gasteiger partial charge in [-0.05, 0) is 61.1 Å². The van der Waals surface area contributed by atoms with Crippen molar-refractivity contribution >= 4 is 68.7 Å². The fourth-order valence-corrected chi connectivity index (χ4v) is 22.3. The van der Waals surface area contributed by atoms with Gasteiger partial charge in [0.25, 0.3) is 0 Å². The maximum Gasteiger partial charge on any atom is 0.408 e. The molecule has 0 unspecified atom stereocenters. The quantitative estimate of drug-likeness (QED) is 0.0655. The van der Waals surface area contributed by atoms with E-state index in [2.05, 4.69) is 78.3 Å². The van der Waals surface area contributed by atoms with Crippen LogP contribution in [-0.2, 0) is 41.4 Å². The maximum atomic E-state index is 12.3. The molecule has 0 radical (unpaired) electrons. The van der Waals surface area contributed by atoms with Crippen molar-refractivity contribution in [1.29, 1.82) is 0 Å². The van der Waals surface area contributed by atoms with Crippen molar-refractivity contribution in [2.75, 3.05) is 14.2 Å². The van der Waals surface area contributed by atoms with E-state index >= 15 is 0 Å². The van der Waals surface area contributed by atoms with Gasteiger partial charge in [-0.1, -0.05) is 12.1 Å². The predicted octanol–water partition coefficient (Wildman–Crippen LogP) is 9.25. The minimum Gasteiger partial charge on any atom is -0.467 e. The zero-order chi connectivity index (χ0) is 41.0. The van der Waals surface area contributed by atoms with Gasteiger partial charge in [0.05, 0.1) is 7.11 Å². The molecule has 2 rings (SSSR count). The summed E-state index contributed by atoms with van der Waals surface area (Å²) in [7, 11) is 2.63. The van der Waals surface area contributed by atoms with Gasteiger partial charge >= 0.3 is 219 Å². The molecule has 0 aliphatic carbocycles. The van der Waals surface area contributed by atoms with Crippen LogP contribution >= 0.6 is 22.6 Å². The summed E-state index contributed by atoms with van der Waals surface area (Å²) < 4.78 is 27.1. The summed E-state index contributed by atoms with van der Waals surface area (Å²) in [5, 5.41) is 5.23. The molecule has 0 aromatic heterocycles. The molecule has 2 atom stereocenters. The van der Waals surface area contributed by atoms with Gasteiger partial charge in [-0.15, -0.1) is 0 Å². The maximum absolute atomic E-state index is 12.3. The van der Waals surface area contributed by atoms with Gasteiger partial charge in [0.2, 0.25) is 0 Å². The van der Waals surface area contributed by atoms with Crippen molar-refractivity contribution in [2.45, 2.75) is 150 Å². The van der Waals surface area contributed by atoms with Gasteiger partial charge in [-0.2, -0.15) is 0 Å². The topological polar surface area (TPSA) is 129 Å². The zero-order valence-electron chi connectivity index (χ0n) is 34.7. The van der Waals surface area contributed by atoms with Crippen LogP contribution in [0.15, 0.2) is 48.5 Å². The number of nitrogens with one attached hydrogen (secondary N) is 2. The molecular weight excluding hydrogens is 906 g/mol. The summed E-state index contributed by atoms with van der Waals surface area (Å²) >= 11 is -0.268. The number of carbonyl (C=O) groups excluding carboxylic acids is 4. The van der Waals surface area contributed by atoms with E-state index < -0.39 is 65.8 Å². The van der Waals surface area contributed by atoms with Crippen molar-refractivity contribution in [3.8, 4) is 0 Å². The number of amides is 2. The van der Waals surface area contributed by atoms with Crippen LogP contribution in [0.1, 0.15) is 112 Å². The van der Waals surface area contributed by atoms with E-state index in [0.29, 0.717) is 12.8 Å². The molecule has 54 heavy (non-hydrogen) atoms. The van der Waals surface area contributed by atoms with Gasteiger partial charge in [0.15, 0.2) is 0 Å². The molecule has 0 saturated carbocycles. The van der Waals surface area contributed by atoms with Crippen molar-refractivity contribution in [3.05, 3.63) is 63.2 Å². The second-order valence-corrected chi connectivity index (χ2v) is 30.2. The third-order valence-electron chi connectivity index (χ3n) is 8.74. The van der Waals surface area contributed by atoms with Gasteiger partial charge in [-0.3, -0.25) is 0 Å². The number of hydrogen-bond acceptors (Lipinski definition) is 8. The van der Waals surface area contributed by atoms with E-state index in [9.17, 15) is 19.2 Å². The van der Waals surface area contributed by atoms with E-state index in [4.69, 9.17) is 18.9 Å². The molecule has 0 fully saturated rings. The van der Waals surface area contributed by atoms with Gasteiger partial charge < -0.3 is 14.8 Å². The molecule has 304 valence electrons. The number of unbranched alkanes of at least 4 members (excludes halogenated alkanes) is 3. The first kappa shape index (κ1) is 49.5. The van der Waals surface area contributed by atoms with Crippen molar-refractivity contribution in [1.82, 2.24) is 10.6 Å². The van der Waals surface area contributed by atoms with E-state index in [1.807, 2.05) is 24.3 Å². The molecule has 0 heterocycles. The van der Waals surface area contributed by atoms with Crippen molar-refractivity contribution in [2.24, 2.45) is 0 Å². The first-order chi connectivity index (χ1) is 25.3. The largest absolute Gasteiger partial charge is 0.467 e. The van der Waals surface area contributed by atoms with Crippen LogP contribution in [0.5, 0.6) is 0 Å². The summed E-state index contributed by atoms with van der Waals surface area (Å²) in [5.74, 6) is -0.966. The molecule has 2 aromatic carbocycles. The molecule has 0 bridgehead atoms. The van der Waals surface area contributed by atoms with Crippen LogP contribution in [0.4, 0.5) is 9.59 Å². The normalized spacial score (nSPS) is 12.7. The van der Waals surface area contributed by atoms with E-state index in [0.717, 1.165) is 14.7 Å². The minimum atomic E-state index is -2.47. The molecule has 2 aromatic rings. The molecule has 0 saturated heterocycles. The number of methoxy groups -OCH3 is 2. The first-order valence-corrected chi connectivity index (χ1v) is 27.9. The number of halogens is 1. The van der Waals surface area contributed by atoms with Crippen LogP contribution in [-0.4, -0.2) is 80.0 Å². The predicted molar refractivity (Wildman–Crippen MR) is 228 cm³/mol. The molecule has 12 heteroatoms. The number of rotatable bonds is 18. The van der Waals surface area contributed by atoms with E-state index in [1.54, 1.807) is 45.1 Å². The Morgan fingerprint density at radius 3 is 1.24 bits per heavy atom. The summed E-state index contributed by atoms with van der Waals surface area (Å²) in [4.78, 5) is 48.1. The first-order valence-electron chi connectivity index (χ1n) is 19.3. The Hall–Kier alpha value is -2.55. The van der Waals surface area contributed by atoms with Crippen LogP contribution in [0, 0.1) is 3.57 Å². The van der Waals surface area contributed by atoms with Crippen molar-refractivity contribution < 1.29 is 38.1 Å². The monoisotopic (exact) mass is 974 g/mol. The summed E-state index contributed by atoms with van der Waals surface area (Å²) in [6.07, 6.45) is 7.24. The fraction of sp³-hybridized carbons (Fsp3) is 0.619. The van der Waals surface area contributed by atoms with E-state index in [-0.39, 0.29) is 0 Å². The average Bonchev–Trinajstić information content (AvgIpc) is 3.10. The number of hydrogen-bond donors (Lipinski definition) is 2.